The van der Waals surface area contributed by atoms with E-state index >= 15 is 0 Å². The molecule has 0 radical (unpaired) electrons. The molecule has 2 rings (SSSR count). The number of aromatic nitrogens is 1. The predicted molar refractivity (Wildman–Crippen MR) is 87.0 cm³/mol. The molecule has 1 aliphatic rings. The van der Waals surface area contributed by atoms with Crippen LogP contribution in [0.25, 0.3) is 0 Å². The van der Waals surface area contributed by atoms with E-state index in [9.17, 15) is 13.2 Å². The van der Waals surface area contributed by atoms with Gasteiger partial charge in [-0.25, -0.2) is 18.2 Å². The number of sulfone groups is 1. The summed E-state index contributed by atoms with van der Waals surface area (Å²) < 4.78 is 30.6. The molecule has 1 aromatic rings. The van der Waals surface area contributed by atoms with Crippen molar-refractivity contribution in [2.45, 2.75) is 50.3 Å². The van der Waals surface area contributed by atoms with Crippen LogP contribution in [-0.4, -0.2) is 48.3 Å². The van der Waals surface area contributed by atoms with Crippen LogP contribution >= 0.6 is 0 Å². The Morgan fingerprint density at radius 2 is 2.21 bits per heavy atom. The highest BCUT2D eigenvalue weighted by Gasteiger charge is 2.36. The highest BCUT2D eigenvalue weighted by atomic mass is 32.2. The maximum absolute atomic E-state index is 12.6. The zero-order valence-corrected chi connectivity index (χ0v) is 14.8. The zero-order valence-electron chi connectivity index (χ0n) is 14.0. The van der Waals surface area contributed by atoms with Gasteiger partial charge in [0.15, 0.2) is 14.9 Å². The second kappa shape index (κ2) is 6.77. The first-order valence-electron chi connectivity index (χ1n) is 7.71. The van der Waals surface area contributed by atoms with Gasteiger partial charge >= 0.3 is 6.09 Å². The predicted octanol–water partition coefficient (Wildman–Crippen LogP) is 2.13. The molecule has 0 saturated carbocycles. The van der Waals surface area contributed by atoms with Gasteiger partial charge in [-0.05, 0) is 45.7 Å². The number of nitrogens with zero attached hydrogens (tertiary/aromatic N) is 3. The summed E-state index contributed by atoms with van der Waals surface area (Å²) in [6.45, 7) is 5.75. The average Bonchev–Trinajstić information content (AvgIpc) is 2.93. The molecule has 0 bridgehead atoms. The molecular formula is C16H21N3O4S. The van der Waals surface area contributed by atoms with Crippen LogP contribution in [0, 0.1) is 11.3 Å². The van der Waals surface area contributed by atoms with Crippen LogP contribution in [0.1, 0.15) is 39.2 Å². The molecule has 1 amide bonds. The number of hydrogen-bond donors (Lipinski definition) is 0. The molecule has 2 heterocycles. The van der Waals surface area contributed by atoms with E-state index in [0.29, 0.717) is 19.4 Å². The normalized spacial score (nSPS) is 18.2. The summed E-state index contributed by atoms with van der Waals surface area (Å²) in [5.41, 5.74) is -0.628. The van der Waals surface area contributed by atoms with Gasteiger partial charge in [0.1, 0.15) is 11.7 Å². The highest BCUT2D eigenvalue weighted by Crippen LogP contribution is 2.24. The summed E-state index contributed by atoms with van der Waals surface area (Å²) in [5.74, 6) is -0.266. The van der Waals surface area contributed by atoms with Crippen molar-refractivity contribution in [3.63, 3.8) is 0 Å². The van der Waals surface area contributed by atoms with E-state index in [1.165, 1.54) is 23.2 Å². The van der Waals surface area contributed by atoms with Crippen molar-refractivity contribution in [1.29, 1.82) is 5.26 Å². The van der Waals surface area contributed by atoms with E-state index in [2.05, 4.69) is 4.98 Å². The van der Waals surface area contributed by atoms with Crippen molar-refractivity contribution in [1.82, 2.24) is 9.88 Å². The zero-order chi connectivity index (χ0) is 18.0. The van der Waals surface area contributed by atoms with Gasteiger partial charge < -0.3 is 9.64 Å². The molecule has 1 saturated heterocycles. The van der Waals surface area contributed by atoms with Crippen molar-refractivity contribution in [2.75, 3.05) is 12.3 Å². The molecule has 1 fully saturated rings. The molecule has 1 aromatic heterocycles. The molecule has 0 spiro atoms. The van der Waals surface area contributed by atoms with Crippen LogP contribution in [-0.2, 0) is 14.6 Å². The van der Waals surface area contributed by atoms with Gasteiger partial charge in [0, 0.05) is 18.8 Å². The fourth-order valence-electron chi connectivity index (χ4n) is 2.63. The molecule has 7 nitrogen and oxygen atoms in total. The molecule has 0 aromatic carbocycles. The van der Waals surface area contributed by atoms with Crippen LogP contribution in [0.3, 0.4) is 0 Å². The number of ether oxygens (including phenoxy) is 1. The fourth-order valence-corrected chi connectivity index (χ4v) is 4.31. The third-order valence-corrected chi connectivity index (χ3v) is 5.34. The largest absolute Gasteiger partial charge is 0.444 e. The van der Waals surface area contributed by atoms with Gasteiger partial charge in [0.25, 0.3) is 0 Å². The second-order valence-electron chi connectivity index (χ2n) is 6.72. The lowest BCUT2D eigenvalue weighted by Crippen LogP contribution is -2.42. The summed E-state index contributed by atoms with van der Waals surface area (Å²) >= 11 is 0. The second-order valence-corrected chi connectivity index (χ2v) is 8.67. The minimum Gasteiger partial charge on any atom is -0.444 e. The number of rotatable bonds is 3. The number of nitriles is 1. The van der Waals surface area contributed by atoms with Crippen LogP contribution in [0.5, 0.6) is 0 Å². The number of carbonyl (C=O) groups excluding carboxylic acids is 1. The molecule has 130 valence electrons. The Labute approximate surface area is 142 Å². The summed E-state index contributed by atoms with van der Waals surface area (Å²) in [4.78, 5) is 17.6. The molecule has 0 N–H and O–H groups in total. The van der Waals surface area contributed by atoms with Crippen LogP contribution in [0.4, 0.5) is 4.79 Å². The Balaban J connectivity index is 2.20. The molecule has 0 aliphatic carbocycles. The highest BCUT2D eigenvalue weighted by molar-refractivity contribution is 7.91. The molecular weight excluding hydrogens is 330 g/mol. The number of carbonyl (C=O) groups is 1. The minimum absolute atomic E-state index is 0.0133. The van der Waals surface area contributed by atoms with Crippen molar-refractivity contribution >= 4 is 15.9 Å². The van der Waals surface area contributed by atoms with E-state index in [-0.39, 0.29) is 16.3 Å². The first-order chi connectivity index (χ1) is 11.1. The lowest BCUT2D eigenvalue weighted by atomic mass is 10.2. The quantitative estimate of drug-likeness (QED) is 0.827. The maximum atomic E-state index is 12.6. The van der Waals surface area contributed by atoms with Gasteiger partial charge in [0.05, 0.1) is 11.3 Å². The molecule has 1 aliphatic heterocycles. The van der Waals surface area contributed by atoms with Gasteiger partial charge in [-0.2, -0.15) is 5.26 Å². The Morgan fingerprint density at radius 3 is 2.83 bits per heavy atom. The van der Waals surface area contributed by atoms with Gasteiger partial charge in [-0.3, -0.25) is 0 Å². The summed E-state index contributed by atoms with van der Waals surface area (Å²) in [5, 5.41) is 8.84. The number of pyridine rings is 1. The molecule has 8 heteroatoms. The van der Waals surface area contributed by atoms with Crippen molar-refractivity contribution in [2.24, 2.45) is 0 Å². The smallest absolute Gasteiger partial charge is 0.410 e. The topological polar surface area (TPSA) is 100 Å². The Bertz CT molecular complexity index is 762. The van der Waals surface area contributed by atoms with E-state index in [0.717, 1.165) is 0 Å². The summed E-state index contributed by atoms with van der Waals surface area (Å²) in [6, 6.07) is 4.30. The van der Waals surface area contributed by atoms with Crippen molar-refractivity contribution in [3.8, 4) is 6.07 Å². The number of amides is 1. The van der Waals surface area contributed by atoms with Gasteiger partial charge in [0.2, 0.25) is 0 Å². The third kappa shape index (κ3) is 4.23. The summed E-state index contributed by atoms with van der Waals surface area (Å²) in [6.07, 6.45) is 2.12. The third-order valence-electron chi connectivity index (χ3n) is 3.60. The van der Waals surface area contributed by atoms with Crippen molar-refractivity contribution in [3.05, 3.63) is 23.9 Å². The Hall–Kier alpha value is -2.14. The standard InChI is InChI=1S/C16H21N3O4S/c1-16(2,3)23-15(20)19-9-5-7-13(19)11-24(21,22)14-12(10-17)6-4-8-18-14/h4,6,8,13H,5,7,9,11H2,1-3H3/t13-/m0/s1. The maximum Gasteiger partial charge on any atom is 0.410 e. The molecule has 0 unspecified atom stereocenters. The van der Waals surface area contributed by atoms with Crippen LogP contribution < -0.4 is 0 Å². The first kappa shape index (κ1) is 18.2. The minimum atomic E-state index is -3.78. The first-order valence-corrected chi connectivity index (χ1v) is 9.37. The lowest BCUT2D eigenvalue weighted by Gasteiger charge is -2.28. The number of hydrogen-bond acceptors (Lipinski definition) is 6. The van der Waals surface area contributed by atoms with Crippen molar-refractivity contribution < 1.29 is 17.9 Å². The van der Waals surface area contributed by atoms with Gasteiger partial charge in [-0.15, -0.1) is 0 Å². The Morgan fingerprint density at radius 1 is 1.50 bits per heavy atom. The van der Waals surface area contributed by atoms with E-state index in [4.69, 9.17) is 10.00 Å². The van der Waals surface area contributed by atoms with E-state index in [1.807, 2.05) is 6.07 Å². The van der Waals surface area contributed by atoms with Gasteiger partial charge in [-0.1, -0.05) is 0 Å². The average molecular weight is 351 g/mol. The van der Waals surface area contributed by atoms with Crippen LogP contribution in [0.2, 0.25) is 0 Å². The SMILES string of the molecule is CC(C)(C)OC(=O)N1CCC[C@H]1CS(=O)(=O)c1ncccc1C#N. The summed E-state index contributed by atoms with van der Waals surface area (Å²) in [7, 11) is -3.78. The molecule has 24 heavy (non-hydrogen) atoms. The van der Waals surface area contributed by atoms with Crippen LogP contribution in [0.15, 0.2) is 23.4 Å². The Kier molecular flexibility index (Phi) is 5.13. The fraction of sp³-hybridized carbons (Fsp3) is 0.562. The molecule has 1 atom stereocenters. The lowest BCUT2D eigenvalue weighted by molar-refractivity contribution is 0.0241. The van der Waals surface area contributed by atoms with E-state index < -0.39 is 27.6 Å². The van der Waals surface area contributed by atoms with E-state index in [1.54, 1.807) is 20.8 Å². The number of likely N-dealkylation sites (tertiary alicyclic amines) is 1. The monoisotopic (exact) mass is 351 g/mol.